The van der Waals surface area contributed by atoms with Gasteiger partial charge in [-0.25, -0.2) is 8.42 Å². The summed E-state index contributed by atoms with van der Waals surface area (Å²) in [5.41, 5.74) is 1.68. The molecule has 11 heteroatoms. The maximum absolute atomic E-state index is 14.0. The molecule has 214 valence electrons. The molecule has 7 nitrogen and oxygen atoms in total. The quantitative estimate of drug-likeness (QED) is 0.265. The Labute approximate surface area is 251 Å². The number of carbonyl (C=O) groups is 2. The van der Waals surface area contributed by atoms with Crippen LogP contribution in [-0.4, -0.2) is 43.8 Å². The van der Waals surface area contributed by atoms with Crippen molar-refractivity contribution in [3.63, 3.8) is 0 Å². The monoisotopic (exact) mass is 623 g/mol. The molecule has 3 aromatic rings. The topological polar surface area (TPSA) is 86.8 Å². The predicted octanol–water partition coefficient (Wildman–Crippen LogP) is 6.48. The summed E-state index contributed by atoms with van der Waals surface area (Å²) >= 11 is 18.6. The van der Waals surface area contributed by atoms with Gasteiger partial charge in [-0.05, 0) is 75.2 Å². The summed E-state index contributed by atoms with van der Waals surface area (Å²) in [6.45, 7) is 6.68. The number of hydrogen-bond acceptors (Lipinski definition) is 4. The third-order valence-electron chi connectivity index (χ3n) is 6.43. The number of benzene rings is 3. The molecule has 0 spiro atoms. The molecule has 40 heavy (non-hydrogen) atoms. The third kappa shape index (κ3) is 8.13. The lowest BCUT2D eigenvalue weighted by atomic mass is 10.1. The van der Waals surface area contributed by atoms with Gasteiger partial charge in [-0.15, -0.1) is 0 Å². The maximum Gasteiger partial charge on any atom is 0.264 e. The largest absolute Gasteiger partial charge is 0.352 e. The van der Waals surface area contributed by atoms with E-state index in [0.717, 1.165) is 9.87 Å². The highest BCUT2D eigenvalue weighted by molar-refractivity contribution is 7.92. The first-order chi connectivity index (χ1) is 18.8. The summed E-state index contributed by atoms with van der Waals surface area (Å²) in [5.74, 6) is -0.956. The van der Waals surface area contributed by atoms with Crippen molar-refractivity contribution in [3.05, 3.63) is 92.9 Å². The number of nitrogens with zero attached hydrogens (tertiary/aromatic N) is 2. The van der Waals surface area contributed by atoms with Gasteiger partial charge in [0.05, 0.1) is 10.6 Å². The number of nitrogens with one attached hydrogen (secondary N) is 1. The normalized spacial score (nSPS) is 12.9. The van der Waals surface area contributed by atoms with E-state index in [4.69, 9.17) is 34.8 Å². The van der Waals surface area contributed by atoms with Crippen LogP contribution in [0.25, 0.3) is 0 Å². The number of rotatable bonds is 11. The average molecular weight is 625 g/mol. The number of halogens is 3. The molecule has 0 fully saturated rings. The van der Waals surface area contributed by atoms with Crippen molar-refractivity contribution in [1.29, 1.82) is 0 Å². The van der Waals surface area contributed by atoms with Crippen molar-refractivity contribution >= 4 is 62.3 Å². The summed E-state index contributed by atoms with van der Waals surface area (Å²) in [5, 5.41) is 3.78. The molecule has 0 saturated carbocycles. The molecule has 2 atom stereocenters. The van der Waals surface area contributed by atoms with E-state index in [2.05, 4.69) is 5.32 Å². The zero-order valence-corrected chi connectivity index (χ0v) is 25.8. The smallest absolute Gasteiger partial charge is 0.264 e. The minimum absolute atomic E-state index is 0.00838. The van der Waals surface area contributed by atoms with E-state index in [1.54, 1.807) is 43.3 Å². The van der Waals surface area contributed by atoms with E-state index < -0.39 is 28.5 Å². The molecule has 0 saturated heterocycles. The highest BCUT2D eigenvalue weighted by Crippen LogP contribution is 2.30. The predicted molar refractivity (Wildman–Crippen MR) is 162 cm³/mol. The molecule has 3 rings (SSSR count). The van der Waals surface area contributed by atoms with Gasteiger partial charge in [0.15, 0.2) is 0 Å². The van der Waals surface area contributed by atoms with Gasteiger partial charge in [0.1, 0.15) is 12.6 Å². The fourth-order valence-electron chi connectivity index (χ4n) is 3.93. The first-order valence-corrected chi connectivity index (χ1v) is 15.3. The zero-order valence-electron chi connectivity index (χ0n) is 22.7. The first kappa shape index (κ1) is 31.7. The third-order valence-corrected chi connectivity index (χ3v) is 8.89. The molecule has 2 amide bonds. The van der Waals surface area contributed by atoms with E-state index in [1.807, 2.05) is 20.8 Å². The van der Waals surface area contributed by atoms with Gasteiger partial charge < -0.3 is 10.2 Å². The summed E-state index contributed by atoms with van der Waals surface area (Å²) in [4.78, 5) is 28.4. The van der Waals surface area contributed by atoms with Crippen molar-refractivity contribution in [2.45, 2.75) is 57.6 Å². The Morgan fingerprint density at radius 2 is 1.52 bits per heavy atom. The van der Waals surface area contributed by atoms with Crippen LogP contribution in [0, 0.1) is 6.92 Å². The van der Waals surface area contributed by atoms with Gasteiger partial charge in [0.25, 0.3) is 10.0 Å². The number of anilines is 1. The van der Waals surface area contributed by atoms with Crippen LogP contribution >= 0.6 is 34.8 Å². The first-order valence-electron chi connectivity index (χ1n) is 12.7. The Bertz CT molecular complexity index is 1450. The lowest BCUT2D eigenvalue weighted by molar-refractivity contribution is -0.139. The molecule has 0 aromatic heterocycles. The number of amides is 2. The number of hydrogen-bond donors (Lipinski definition) is 1. The molecule has 1 N–H and O–H groups in total. The maximum atomic E-state index is 14.0. The Morgan fingerprint density at radius 1 is 0.900 bits per heavy atom. The van der Waals surface area contributed by atoms with E-state index in [0.29, 0.717) is 17.0 Å². The molecule has 0 aliphatic heterocycles. The Balaban J connectivity index is 2.06. The Hall–Kier alpha value is -2.78. The second-order valence-corrected chi connectivity index (χ2v) is 12.8. The van der Waals surface area contributed by atoms with Gasteiger partial charge >= 0.3 is 0 Å². The van der Waals surface area contributed by atoms with E-state index in [1.165, 1.54) is 35.2 Å². The highest BCUT2D eigenvalue weighted by Gasteiger charge is 2.33. The van der Waals surface area contributed by atoms with Crippen molar-refractivity contribution in [3.8, 4) is 0 Å². The summed E-state index contributed by atoms with van der Waals surface area (Å²) in [7, 11) is -4.23. The molecule has 0 aliphatic rings. The summed E-state index contributed by atoms with van der Waals surface area (Å²) in [6.07, 6.45) is 0.707. The second-order valence-electron chi connectivity index (χ2n) is 9.60. The zero-order chi connectivity index (χ0) is 29.6. The Kier molecular flexibility index (Phi) is 10.9. The molecule has 0 bridgehead atoms. The molecule has 0 radical (unpaired) electrons. The van der Waals surface area contributed by atoms with E-state index in [9.17, 15) is 18.0 Å². The molecule has 2 unspecified atom stereocenters. The molecule has 3 aromatic carbocycles. The van der Waals surface area contributed by atoms with Crippen molar-refractivity contribution in [2.75, 3.05) is 10.8 Å². The van der Waals surface area contributed by atoms with Crippen LogP contribution in [0.15, 0.2) is 71.6 Å². The van der Waals surface area contributed by atoms with Gasteiger partial charge in [-0.1, -0.05) is 71.6 Å². The second kappa shape index (κ2) is 13.7. The average Bonchev–Trinajstić information content (AvgIpc) is 2.89. The van der Waals surface area contributed by atoms with Crippen molar-refractivity contribution in [1.82, 2.24) is 10.2 Å². The number of carbonyl (C=O) groups excluding carboxylic acids is 2. The van der Waals surface area contributed by atoms with E-state index >= 15 is 0 Å². The number of aryl methyl sites for hydroxylation is 1. The molecular weight excluding hydrogens is 593 g/mol. The minimum Gasteiger partial charge on any atom is -0.352 e. The fourth-order valence-corrected chi connectivity index (χ4v) is 6.05. The van der Waals surface area contributed by atoms with Crippen LogP contribution < -0.4 is 9.62 Å². The van der Waals surface area contributed by atoms with E-state index in [-0.39, 0.29) is 39.1 Å². The summed E-state index contributed by atoms with van der Waals surface area (Å²) < 4.78 is 28.7. The van der Waals surface area contributed by atoms with Crippen molar-refractivity contribution in [2.24, 2.45) is 0 Å². The van der Waals surface area contributed by atoms with Gasteiger partial charge in [0.2, 0.25) is 11.8 Å². The van der Waals surface area contributed by atoms with Gasteiger partial charge in [0, 0.05) is 27.7 Å². The SMILES string of the molecule is CCC(C)NC(=O)C(C)N(Cc1cccc(Cl)c1)C(=O)CN(c1cc(Cl)cc(Cl)c1)S(=O)(=O)c1ccc(C)cc1. The molecule has 0 heterocycles. The van der Waals surface area contributed by atoms with Crippen LogP contribution in [0.3, 0.4) is 0 Å². The van der Waals surface area contributed by atoms with Crippen LogP contribution in [-0.2, 0) is 26.2 Å². The van der Waals surface area contributed by atoms with Crippen LogP contribution in [0.1, 0.15) is 38.3 Å². The van der Waals surface area contributed by atoms with Crippen LogP contribution in [0.4, 0.5) is 5.69 Å². The fraction of sp³-hybridized carbons (Fsp3) is 0.310. The Morgan fingerprint density at radius 3 is 2.10 bits per heavy atom. The van der Waals surface area contributed by atoms with Crippen molar-refractivity contribution < 1.29 is 18.0 Å². The lowest BCUT2D eigenvalue weighted by Crippen LogP contribution is -2.52. The standard InChI is InChI=1S/C29H32Cl3N3O4S/c1-5-20(3)33-29(37)21(4)34(17-22-7-6-8-23(30)13-22)28(36)18-35(26-15-24(31)14-25(32)16-26)40(38,39)27-11-9-19(2)10-12-27/h6-16,20-21H,5,17-18H2,1-4H3,(H,33,37). The van der Waals surface area contributed by atoms with Gasteiger partial charge in [-0.2, -0.15) is 0 Å². The summed E-state index contributed by atoms with van der Waals surface area (Å²) in [6, 6.07) is 16.5. The molecule has 0 aliphatic carbocycles. The lowest BCUT2D eigenvalue weighted by Gasteiger charge is -2.32. The van der Waals surface area contributed by atoms with Gasteiger partial charge in [-0.3, -0.25) is 13.9 Å². The van der Waals surface area contributed by atoms with Crippen LogP contribution in [0.2, 0.25) is 15.1 Å². The van der Waals surface area contributed by atoms with Crippen LogP contribution in [0.5, 0.6) is 0 Å². The minimum atomic E-state index is -4.23. The highest BCUT2D eigenvalue weighted by atomic mass is 35.5. The molecular formula is C29H32Cl3N3O4S. The number of sulfonamides is 1.